The average Bonchev–Trinajstić information content (AvgIpc) is 3.05. The number of hydrogen-bond acceptors (Lipinski definition) is 3. The Balaban J connectivity index is 1.78. The molecule has 0 bridgehead atoms. The fourth-order valence-electron chi connectivity index (χ4n) is 3.38. The quantitative estimate of drug-likeness (QED) is 0.728. The van der Waals surface area contributed by atoms with Crippen molar-refractivity contribution in [3.8, 4) is 11.1 Å². The van der Waals surface area contributed by atoms with Crippen LogP contribution in [0.25, 0.3) is 11.1 Å². The van der Waals surface area contributed by atoms with E-state index < -0.39 is 15.8 Å². The van der Waals surface area contributed by atoms with E-state index in [1.807, 2.05) is 36.4 Å². The molecule has 0 fully saturated rings. The third-order valence-electron chi connectivity index (χ3n) is 4.65. The van der Waals surface area contributed by atoms with Gasteiger partial charge >= 0.3 is 0 Å². The normalized spacial score (nSPS) is 13.4. The lowest BCUT2D eigenvalue weighted by atomic mass is 9.96. The predicted molar refractivity (Wildman–Crippen MR) is 102 cm³/mol. The molecule has 3 aromatic carbocycles. The monoisotopic (exact) mass is 381 g/mol. The molecule has 3 aromatic rings. The van der Waals surface area contributed by atoms with Crippen LogP contribution >= 0.6 is 0 Å². The molecule has 4 rings (SSSR count). The van der Waals surface area contributed by atoms with Crippen molar-refractivity contribution in [2.45, 2.75) is 17.7 Å². The van der Waals surface area contributed by atoms with Gasteiger partial charge in [-0.3, -0.25) is 9.52 Å². The fraction of sp³-hybridized carbons (Fsp3) is 0.0952. The highest BCUT2D eigenvalue weighted by molar-refractivity contribution is 7.92. The number of carbonyl (C=O) groups is 1. The zero-order valence-corrected chi connectivity index (χ0v) is 15.1. The molecule has 0 saturated carbocycles. The summed E-state index contributed by atoms with van der Waals surface area (Å²) in [6.45, 7) is 0. The van der Waals surface area contributed by atoms with E-state index in [0.29, 0.717) is 18.4 Å². The Labute approximate surface area is 156 Å². The molecule has 1 aliphatic carbocycles. The molecule has 0 amide bonds. The highest BCUT2D eigenvalue weighted by Crippen LogP contribution is 2.37. The number of anilines is 1. The molecule has 0 aromatic heterocycles. The summed E-state index contributed by atoms with van der Waals surface area (Å²) in [4.78, 5) is 12.4. The number of fused-ring (bicyclic) bond motifs is 1. The van der Waals surface area contributed by atoms with E-state index in [4.69, 9.17) is 0 Å². The van der Waals surface area contributed by atoms with E-state index in [1.54, 1.807) is 6.07 Å². The Morgan fingerprint density at radius 3 is 2.26 bits per heavy atom. The summed E-state index contributed by atoms with van der Waals surface area (Å²) >= 11 is 0. The van der Waals surface area contributed by atoms with Crippen molar-refractivity contribution in [3.63, 3.8) is 0 Å². The summed E-state index contributed by atoms with van der Waals surface area (Å²) < 4.78 is 40.8. The van der Waals surface area contributed by atoms with E-state index in [9.17, 15) is 17.6 Å². The van der Waals surface area contributed by atoms with Crippen molar-refractivity contribution in [3.05, 3.63) is 83.7 Å². The van der Waals surface area contributed by atoms with Gasteiger partial charge in [0.2, 0.25) is 0 Å². The molecule has 0 radical (unpaired) electrons. The molecule has 0 aliphatic heterocycles. The summed E-state index contributed by atoms with van der Waals surface area (Å²) in [5.74, 6) is -0.600. The number of nitrogens with one attached hydrogen (secondary N) is 1. The standard InChI is InChI=1S/C21H16FNO3S/c22-15-6-8-16(9-7-15)27(25,26)23-19-12-10-17(14-4-2-1-3-5-14)18-11-13-20(24)21(18)19/h1-10,12,23H,11,13H2. The molecule has 4 nitrogen and oxygen atoms in total. The van der Waals surface area contributed by atoms with Gasteiger partial charge in [-0.2, -0.15) is 0 Å². The second kappa shape index (κ2) is 6.63. The molecule has 27 heavy (non-hydrogen) atoms. The summed E-state index contributed by atoms with van der Waals surface area (Å²) in [6, 6.07) is 17.7. The van der Waals surface area contributed by atoms with Crippen molar-refractivity contribution in [1.29, 1.82) is 0 Å². The lowest BCUT2D eigenvalue weighted by Gasteiger charge is -2.15. The molecule has 6 heteroatoms. The molecule has 0 atom stereocenters. The third-order valence-corrected chi connectivity index (χ3v) is 6.03. The van der Waals surface area contributed by atoms with Crippen LogP contribution in [0.15, 0.2) is 71.6 Å². The van der Waals surface area contributed by atoms with Crippen LogP contribution in [0.4, 0.5) is 10.1 Å². The Bertz CT molecular complexity index is 1120. The summed E-state index contributed by atoms with van der Waals surface area (Å²) in [7, 11) is -3.92. The largest absolute Gasteiger partial charge is 0.294 e. The van der Waals surface area contributed by atoms with Crippen molar-refractivity contribution < 1.29 is 17.6 Å². The van der Waals surface area contributed by atoms with Crippen LogP contribution in [0.3, 0.4) is 0 Å². The minimum absolute atomic E-state index is 0.0600. The maximum Gasteiger partial charge on any atom is 0.261 e. The van der Waals surface area contributed by atoms with Gasteiger partial charge in [0.15, 0.2) is 5.78 Å². The van der Waals surface area contributed by atoms with E-state index in [2.05, 4.69) is 4.72 Å². The fourth-order valence-corrected chi connectivity index (χ4v) is 4.45. The molecule has 1 N–H and O–H groups in total. The maximum atomic E-state index is 13.1. The van der Waals surface area contributed by atoms with E-state index in [0.717, 1.165) is 28.8 Å². The predicted octanol–water partition coefficient (Wildman–Crippen LogP) is 4.42. The second-order valence-electron chi connectivity index (χ2n) is 6.36. The number of rotatable bonds is 4. The van der Waals surface area contributed by atoms with Crippen LogP contribution in [-0.4, -0.2) is 14.2 Å². The number of halogens is 1. The van der Waals surface area contributed by atoms with Gasteiger partial charge in [0, 0.05) is 12.0 Å². The van der Waals surface area contributed by atoms with Gasteiger partial charge in [-0.05, 0) is 53.4 Å². The number of benzene rings is 3. The summed E-state index contributed by atoms with van der Waals surface area (Å²) in [5.41, 5.74) is 3.45. The number of Topliss-reactive ketones (excluding diaryl/α,β-unsaturated/α-hetero) is 1. The van der Waals surface area contributed by atoms with Gasteiger partial charge in [-0.15, -0.1) is 0 Å². The summed E-state index contributed by atoms with van der Waals surface area (Å²) in [6.07, 6.45) is 0.926. The Morgan fingerprint density at radius 1 is 0.852 bits per heavy atom. The molecule has 136 valence electrons. The molecular weight excluding hydrogens is 365 g/mol. The van der Waals surface area contributed by atoms with Crippen molar-refractivity contribution >= 4 is 21.5 Å². The van der Waals surface area contributed by atoms with Gasteiger partial charge in [-0.25, -0.2) is 12.8 Å². The maximum absolute atomic E-state index is 13.1. The topological polar surface area (TPSA) is 63.2 Å². The first kappa shape index (κ1) is 17.4. The Morgan fingerprint density at radius 2 is 1.56 bits per heavy atom. The van der Waals surface area contributed by atoms with Crippen LogP contribution in [0.2, 0.25) is 0 Å². The number of sulfonamides is 1. The van der Waals surface area contributed by atoms with Crippen LogP contribution in [0.1, 0.15) is 22.3 Å². The van der Waals surface area contributed by atoms with Crippen molar-refractivity contribution in [2.75, 3.05) is 4.72 Å². The Hall–Kier alpha value is -2.99. The first-order chi connectivity index (χ1) is 13.0. The molecule has 0 saturated heterocycles. The molecule has 0 heterocycles. The SMILES string of the molecule is O=C1CCc2c(-c3ccccc3)ccc(NS(=O)(=O)c3ccc(F)cc3)c21. The van der Waals surface area contributed by atoms with Gasteiger partial charge < -0.3 is 0 Å². The Kier molecular flexibility index (Phi) is 4.28. The lowest BCUT2D eigenvalue weighted by molar-refractivity contribution is 0.0995. The van der Waals surface area contributed by atoms with Crippen LogP contribution in [-0.2, 0) is 16.4 Å². The van der Waals surface area contributed by atoms with E-state index >= 15 is 0 Å². The number of carbonyl (C=O) groups excluding carboxylic acids is 1. The van der Waals surface area contributed by atoms with Crippen LogP contribution in [0.5, 0.6) is 0 Å². The number of hydrogen-bond donors (Lipinski definition) is 1. The van der Waals surface area contributed by atoms with Gasteiger partial charge in [-0.1, -0.05) is 36.4 Å². The van der Waals surface area contributed by atoms with E-state index in [-0.39, 0.29) is 16.4 Å². The van der Waals surface area contributed by atoms with Gasteiger partial charge in [0.05, 0.1) is 10.6 Å². The lowest BCUT2D eigenvalue weighted by Crippen LogP contribution is -2.15. The first-order valence-corrected chi connectivity index (χ1v) is 9.97. The minimum atomic E-state index is -3.92. The molecule has 0 spiro atoms. The van der Waals surface area contributed by atoms with Crippen molar-refractivity contribution in [1.82, 2.24) is 0 Å². The van der Waals surface area contributed by atoms with Gasteiger partial charge in [0.1, 0.15) is 5.82 Å². The highest BCUT2D eigenvalue weighted by atomic mass is 32.2. The van der Waals surface area contributed by atoms with Gasteiger partial charge in [0.25, 0.3) is 10.0 Å². The zero-order chi connectivity index (χ0) is 19.0. The third kappa shape index (κ3) is 3.24. The second-order valence-corrected chi connectivity index (χ2v) is 8.05. The zero-order valence-electron chi connectivity index (χ0n) is 14.3. The van der Waals surface area contributed by atoms with E-state index in [1.165, 1.54) is 12.1 Å². The number of ketones is 1. The minimum Gasteiger partial charge on any atom is -0.294 e. The first-order valence-electron chi connectivity index (χ1n) is 8.48. The molecule has 0 unspecified atom stereocenters. The van der Waals surface area contributed by atoms with Crippen LogP contribution in [0, 0.1) is 5.82 Å². The smallest absolute Gasteiger partial charge is 0.261 e. The molecular formula is C21H16FNO3S. The van der Waals surface area contributed by atoms with Crippen LogP contribution < -0.4 is 4.72 Å². The average molecular weight is 381 g/mol. The molecule has 1 aliphatic rings. The van der Waals surface area contributed by atoms with Crippen molar-refractivity contribution in [2.24, 2.45) is 0 Å². The summed E-state index contributed by atoms with van der Waals surface area (Å²) in [5, 5.41) is 0. The highest BCUT2D eigenvalue weighted by Gasteiger charge is 2.28.